The van der Waals surface area contributed by atoms with Crippen molar-refractivity contribution in [2.75, 3.05) is 0 Å². The molecular weight excluding hydrogens is 329 g/mol. The Morgan fingerprint density at radius 1 is 1.04 bits per heavy atom. The second-order valence-corrected chi connectivity index (χ2v) is 6.40. The van der Waals surface area contributed by atoms with Crippen LogP contribution in [0.1, 0.15) is 22.6 Å². The first-order valence-electron chi connectivity index (χ1n) is 8.34. The number of benzene rings is 2. The Balaban J connectivity index is 2.07. The van der Waals surface area contributed by atoms with E-state index in [1.54, 1.807) is 28.8 Å². The molecule has 4 nitrogen and oxygen atoms in total. The zero-order valence-corrected chi connectivity index (χ0v) is 14.5. The molecule has 130 valence electrons. The number of aliphatic hydroxyl groups is 1. The van der Waals surface area contributed by atoms with Crippen molar-refractivity contribution in [1.29, 1.82) is 0 Å². The minimum atomic E-state index is -1.81. The lowest BCUT2D eigenvalue weighted by molar-refractivity contribution is 0.103. The van der Waals surface area contributed by atoms with Gasteiger partial charge in [-0.1, -0.05) is 36.4 Å². The first-order valence-corrected chi connectivity index (χ1v) is 8.34. The number of pyridine rings is 1. The van der Waals surface area contributed by atoms with Gasteiger partial charge in [0, 0.05) is 13.2 Å². The first kappa shape index (κ1) is 16.4. The van der Waals surface area contributed by atoms with Crippen molar-refractivity contribution in [2.24, 2.45) is 7.05 Å². The second-order valence-electron chi connectivity index (χ2n) is 6.40. The molecular formula is C21H18FN3O. The second kappa shape index (κ2) is 6.04. The lowest BCUT2D eigenvalue weighted by atomic mass is 9.88. The van der Waals surface area contributed by atoms with Crippen molar-refractivity contribution in [2.45, 2.75) is 12.5 Å². The van der Waals surface area contributed by atoms with Crippen LogP contribution in [0.5, 0.6) is 0 Å². The summed E-state index contributed by atoms with van der Waals surface area (Å²) in [6, 6.07) is 17.6. The Morgan fingerprint density at radius 2 is 1.81 bits per heavy atom. The minimum Gasteiger partial charge on any atom is -0.372 e. The predicted octanol–water partition coefficient (Wildman–Crippen LogP) is 3.70. The van der Waals surface area contributed by atoms with Crippen LogP contribution >= 0.6 is 0 Å². The van der Waals surface area contributed by atoms with Gasteiger partial charge in [-0.05, 0) is 42.3 Å². The highest BCUT2D eigenvalue weighted by molar-refractivity contribution is 5.77. The normalized spacial score (nSPS) is 13.7. The van der Waals surface area contributed by atoms with E-state index in [0.29, 0.717) is 11.4 Å². The van der Waals surface area contributed by atoms with Gasteiger partial charge >= 0.3 is 0 Å². The van der Waals surface area contributed by atoms with Crippen LogP contribution in [0.4, 0.5) is 4.39 Å². The summed E-state index contributed by atoms with van der Waals surface area (Å²) in [4.78, 5) is 8.78. The maximum absolute atomic E-state index is 14.6. The molecule has 0 saturated heterocycles. The highest BCUT2D eigenvalue weighted by Gasteiger charge is 2.41. The van der Waals surface area contributed by atoms with E-state index in [1.807, 2.05) is 38.2 Å². The SMILES string of the molecule is Cc1ccc2nc(C(O)(c3ccccc3)c3ncccc3F)n(C)c2c1. The van der Waals surface area contributed by atoms with Crippen LogP contribution < -0.4 is 0 Å². The molecule has 2 heterocycles. The monoisotopic (exact) mass is 347 g/mol. The number of nitrogens with zero attached hydrogens (tertiary/aromatic N) is 3. The zero-order chi connectivity index (χ0) is 18.3. The quantitative estimate of drug-likeness (QED) is 0.615. The fourth-order valence-electron chi connectivity index (χ4n) is 3.33. The molecule has 2 aromatic heterocycles. The van der Waals surface area contributed by atoms with E-state index in [0.717, 1.165) is 16.6 Å². The molecule has 0 aliphatic heterocycles. The number of hydrogen-bond donors (Lipinski definition) is 1. The highest BCUT2D eigenvalue weighted by atomic mass is 19.1. The Hall–Kier alpha value is -3.05. The standard InChI is InChI=1S/C21H18FN3O/c1-14-10-11-17-18(13-14)25(2)20(24-17)21(26,15-7-4-3-5-8-15)19-16(22)9-6-12-23-19/h3-13,26H,1-2H3. The smallest absolute Gasteiger partial charge is 0.193 e. The summed E-state index contributed by atoms with van der Waals surface area (Å²) in [6.45, 7) is 1.99. The van der Waals surface area contributed by atoms with Gasteiger partial charge in [0.1, 0.15) is 11.5 Å². The summed E-state index contributed by atoms with van der Waals surface area (Å²) in [7, 11) is 1.82. The van der Waals surface area contributed by atoms with Crippen LogP contribution in [0.3, 0.4) is 0 Å². The molecule has 0 spiro atoms. The van der Waals surface area contributed by atoms with Crippen LogP contribution in [-0.4, -0.2) is 19.6 Å². The number of rotatable bonds is 3. The van der Waals surface area contributed by atoms with Gasteiger partial charge in [0.25, 0.3) is 0 Å². The molecule has 0 aliphatic carbocycles. The molecule has 5 heteroatoms. The summed E-state index contributed by atoms with van der Waals surface area (Å²) >= 11 is 0. The van der Waals surface area contributed by atoms with Crippen molar-refractivity contribution in [1.82, 2.24) is 14.5 Å². The van der Waals surface area contributed by atoms with E-state index in [9.17, 15) is 9.50 Å². The number of hydrogen-bond acceptors (Lipinski definition) is 3. The largest absolute Gasteiger partial charge is 0.372 e. The predicted molar refractivity (Wildman–Crippen MR) is 98.2 cm³/mol. The van der Waals surface area contributed by atoms with Crippen LogP contribution in [0.15, 0.2) is 66.9 Å². The van der Waals surface area contributed by atoms with Gasteiger partial charge in [-0.15, -0.1) is 0 Å². The fraction of sp³-hybridized carbons (Fsp3) is 0.143. The minimum absolute atomic E-state index is 0.0682. The molecule has 0 radical (unpaired) electrons. The molecule has 1 atom stereocenters. The van der Waals surface area contributed by atoms with Gasteiger partial charge in [-0.3, -0.25) is 4.98 Å². The van der Waals surface area contributed by atoms with E-state index in [2.05, 4.69) is 9.97 Å². The summed E-state index contributed by atoms with van der Waals surface area (Å²) in [6.07, 6.45) is 1.47. The molecule has 2 aromatic carbocycles. The topological polar surface area (TPSA) is 50.9 Å². The molecule has 26 heavy (non-hydrogen) atoms. The number of imidazole rings is 1. The highest BCUT2D eigenvalue weighted by Crippen LogP contribution is 2.37. The molecule has 1 N–H and O–H groups in total. The third-order valence-electron chi connectivity index (χ3n) is 4.65. The number of fused-ring (bicyclic) bond motifs is 1. The Kier molecular flexibility index (Phi) is 3.81. The molecule has 4 aromatic rings. The molecule has 4 rings (SSSR count). The Morgan fingerprint density at radius 3 is 2.54 bits per heavy atom. The molecule has 0 amide bonds. The number of halogens is 1. The maximum Gasteiger partial charge on any atom is 0.193 e. The van der Waals surface area contributed by atoms with Crippen LogP contribution in [0.25, 0.3) is 11.0 Å². The molecule has 0 aliphatic rings. The van der Waals surface area contributed by atoms with Gasteiger partial charge in [0.05, 0.1) is 11.0 Å². The van der Waals surface area contributed by atoms with Crippen molar-refractivity contribution in [3.63, 3.8) is 0 Å². The van der Waals surface area contributed by atoms with E-state index in [-0.39, 0.29) is 5.69 Å². The summed E-state index contributed by atoms with van der Waals surface area (Å²) in [5.41, 5.74) is 1.31. The van der Waals surface area contributed by atoms with Gasteiger partial charge in [0.15, 0.2) is 11.4 Å². The third-order valence-corrected chi connectivity index (χ3v) is 4.65. The van der Waals surface area contributed by atoms with Crippen LogP contribution in [-0.2, 0) is 12.6 Å². The van der Waals surface area contributed by atoms with Gasteiger partial charge in [-0.25, -0.2) is 9.37 Å². The fourth-order valence-corrected chi connectivity index (χ4v) is 3.33. The Labute approximate surface area is 150 Å². The summed E-state index contributed by atoms with van der Waals surface area (Å²) in [5, 5.41) is 11.8. The van der Waals surface area contributed by atoms with Gasteiger partial charge < -0.3 is 9.67 Å². The molecule has 0 saturated carbocycles. The third kappa shape index (κ3) is 2.40. The van der Waals surface area contributed by atoms with Crippen LogP contribution in [0.2, 0.25) is 0 Å². The van der Waals surface area contributed by atoms with E-state index >= 15 is 0 Å². The number of aromatic nitrogens is 3. The van der Waals surface area contributed by atoms with Crippen LogP contribution in [0, 0.1) is 12.7 Å². The maximum atomic E-state index is 14.6. The summed E-state index contributed by atoms with van der Waals surface area (Å²) in [5.74, 6) is -0.260. The zero-order valence-electron chi connectivity index (χ0n) is 14.5. The molecule has 0 bridgehead atoms. The lowest BCUT2D eigenvalue weighted by Gasteiger charge is -2.28. The average Bonchev–Trinajstić information content (AvgIpc) is 2.99. The molecule has 1 unspecified atom stereocenters. The van der Waals surface area contributed by atoms with Crippen molar-refractivity contribution < 1.29 is 9.50 Å². The van der Waals surface area contributed by atoms with Crippen molar-refractivity contribution >= 4 is 11.0 Å². The van der Waals surface area contributed by atoms with Crippen molar-refractivity contribution in [3.05, 3.63) is 95.3 Å². The van der Waals surface area contributed by atoms with E-state index < -0.39 is 11.4 Å². The molecule has 0 fully saturated rings. The Bertz CT molecular complexity index is 1090. The first-order chi connectivity index (χ1) is 12.5. The van der Waals surface area contributed by atoms with E-state index in [1.165, 1.54) is 18.3 Å². The van der Waals surface area contributed by atoms with Gasteiger partial charge in [0.2, 0.25) is 0 Å². The number of aryl methyl sites for hydroxylation is 2. The summed E-state index contributed by atoms with van der Waals surface area (Å²) < 4.78 is 16.4. The van der Waals surface area contributed by atoms with Gasteiger partial charge in [-0.2, -0.15) is 0 Å². The average molecular weight is 347 g/mol. The van der Waals surface area contributed by atoms with Crippen molar-refractivity contribution in [3.8, 4) is 0 Å². The lowest BCUT2D eigenvalue weighted by Crippen LogP contribution is -2.34. The van der Waals surface area contributed by atoms with E-state index in [4.69, 9.17) is 0 Å².